The molecule has 1 aromatic rings. The molecule has 0 amide bonds. The van der Waals surface area contributed by atoms with Crippen LogP contribution in [0.5, 0.6) is 0 Å². The maximum absolute atomic E-state index is 4.29. The van der Waals surface area contributed by atoms with Gasteiger partial charge in [-0.1, -0.05) is 13.8 Å². The molecule has 0 atom stereocenters. The number of nitrogens with zero attached hydrogens (tertiary/aromatic N) is 3. The second kappa shape index (κ2) is 10.5. The summed E-state index contributed by atoms with van der Waals surface area (Å²) in [5.41, 5.74) is 0. The molecule has 2 rings (SSSR count). The van der Waals surface area contributed by atoms with Crippen LogP contribution in [-0.4, -0.2) is 34.3 Å². The number of aromatic nitrogens is 2. The minimum absolute atomic E-state index is 0. The second-order valence-electron chi connectivity index (χ2n) is 5.53. The van der Waals surface area contributed by atoms with Crippen LogP contribution < -0.4 is 51.4 Å². The van der Waals surface area contributed by atoms with Crippen LogP contribution in [0.1, 0.15) is 45.6 Å². The zero-order chi connectivity index (χ0) is 12.1. The van der Waals surface area contributed by atoms with Crippen molar-refractivity contribution in [1.82, 2.24) is 14.7 Å². The van der Waals surface area contributed by atoms with E-state index in [2.05, 4.69) is 34.6 Å². The number of hydrogen-bond donors (Lipinski definition) is 0. The van der Waals surface area contributed by atoms with Gasteiger partial charge in [0.15, 0.2) is 0 Å². The molecule has 0 spiro atoms. The Morgan fingerprint density at radius 2 is 2.00 bits per heavy atom. The quantitative estimate of drug-likeness (QED) is 0.570. The molecule has 4 heteroatoms. The molecule has 0 aliphatic carbocycles. The molecule has 0 saturated carbocycles. The van der Waals surface area contributed by atoms with Crippen LogP contribution in [0.3, 0.4) is 0 Å². The summed E-state index contributed by atoms with van der Waals surface area (Å²) in [6.07, 6.45) is 8.90. The average molecular weight is 288 g/mol. The van der Waals surface area contributed by atoms with Crippen LogP contribution in [0.4, 0.5) is 0 Å². The zero-order valence-electron chi connectivity index (χ0n) is 13.1. The molecule has 0 N–H and O–H groups in total. The van der Waals surface area contributed by atoms with Crippen molar-refractivity contribution in [2.45, 2.75) is 45.6 Å². The molecule has 0 bridgehead atoms. The van der Waals surface area contributed by atoms with Crippen LogP contribution in [0.15, 0.2) is 12.4 Å². The number of hydrogen-bond acceptors (Lipinski definition) is 2. The van der Waals surface area contributed by atoms with Crippen molar-refractivity contribution in [2.24, 2.45) is 5.92 Å². The van der Waals surface area contributed by atoms with Crippen LogP contribution >= 0.6 is 0 Å². The Hall–Kier alpha value is 0.806. The molecule has 1 aromatic heterocycles. The van der Waals surface area contributed by atoms with Crippen molar-refractivity contribution in [1.29, 1.82) is 0 Å². The molecule has 0 aromatic carbocycles. The van der Waals surface area contributed by atoms with Gasteiger partial charge in [0.25, 0.3) is 0 Å². The van der Waals surface area contributed by atoms with Crippen LogP contribution in [-0.2, 0) is 0 Å². The third kappa shape index (κ3) is 6.87. The molecular formula is C15H27KN3-. The molecular weight excluding hydrogens is 261 g/mol. The average Bonchev–Trinajstić information content (AvgIpc) is 2.83. The van der Waals surface area contributed by atoms with Crippen molar-refractivity contribution < 1.29 is 51.4 Å². The summed E-state index contributed by atoms with van der Waals surface area (Å²) in [6.45, 7) is 8.34. The maximum atomic E-state index is 4.29. The summed E-state index contributed by atoms with van der Waals surface area (Å²) in [6, 6.07) is 3.62. The monoisotopic (exact) mass is 288 g/mol. The van der Waals surface area contributed by atoms with Crippen molar-refractivity contribution in [3.05, 3.63) is 25.9 Å². The van der Waals surface area contributed by atoms with Gasteiger partial charge < -0.3 is 23.1 Å². The summed E-state index contributed by atoms with van der Waals surface area (Å²) in [7, 11) is 0. The Kier molecular flexibility index (Phi) is 11.0. The van der Waals surface area contributed by atoms with Crippen LogP contribution in [0.2, 0.25) is 0 Å². The van der Waals surface area contributed by atoms with E-state index in [1.54, 1.807) is 6.20 Å². The molecule has 0 unspecified atom stereocenters. The number of likely N-dealkylation sites (tertiary alicyclic amines) is 1. The Morgan fingerprint density at radius 3 is 2.53 bits per heavy atom. The largest absolute Gasteiger partial charge is 1.00 e. The van der Waals surface area contributed by atoms with Gasteiger partial charge in [-0.15, -0.1) is 6.20 Å². The first kappa shape index (κ1) is 19.8. The molecule has 0 radical (unpaired) electrons. The predicted molar refractivity (Wildman–Crippen MR) is 76.3 cm³/mol. The van der Waals surface area contributed by atoms with Gasteiger partial charge in [0, 0.05) is 13.1 Å². The summed E-state index contributed by atoms with van der Waals surface area (Å²) in [5, 5.41) is 4.29. The molecule has 1 saturated heterocycles. The summed E-state index contributed by atoms with van der Waals surface area (Å²) in [5.74, 6) is 0.840. The van der Waals surface area contributed by atoms with E-state index in [1.165, 1.54) is 45.3 Å². The topological polar surface area (TPSA) is 21.1 Å². The van der Waals surface area contributed by atoms with E-state index in [9.17, 15) is 0 Å². The molecule has 104 valence electrons. The van der Waals surface area contributed by atoms with Gasteiger partial charge in [-0.25, -0.2) is 5.10 Å². The van der Waals surface area contributed by atoms with E-state index in [0.29, 0.717) is 6.04 Å². The second-order valence-corrected chi connectivity index (χ2v) is 5.53. The van der Waals surface area contributed by atoms with Gasteiger partial charge in [-0.3, -0.25) is 0 Å². The first-order valence-electron chi connectivity index (χ1n) is 6.88. The van der Waals surface area contributed by atoms with Crippen molar-refractivity contribution >= 4 is 0 Å². The Labute approximate surface area is 161 Å². The van der Waals surface area contributed by atoms with Crippen molar-refractivity contribution in [3.8, 4) is 0 Å². The molecule has 1 aliphatic rings. The Balaban J connectivity index is 0.00000162. The van der Waals surface area contributed by atoms with Crippen LogP contribution in [0, 0.1) is 19.4 Å². The fraction of sp³-hybridized carbons (Fsp3) is 0.733. The van der Waals surface area contributed by atoms with Gasteiger partial charge >= 0.3 is 51.4 Å². The smallest absolute Gasteiger partial charge is 0.432 e. The van der Waals surface area contributed by atoms with E-state index in [-0.39, 0.29) is 58.8 Å². The maximum Gasteiger partial charge on any atom is 1.00 e. The van der Waals surface area contributed by atoms with E-state index < -0.39 is 0 Å². The van der Waals surface area contributed by atoms with E-state index in [1.807, 2.05) is 6.20 Å². The standard InChI is InChI=1S/C14H24N3.CH3.K/c1-13(2)5-3-9-16-11-6-14(7-12-16)17-10-4-8-15-17;;/h8,10,13-14H,3,5-7,9,11-12H2,1-2H3;1H3;/q2*-1;+1. The molecule has 1 aliphatic heterocycles. The van der Waals surface area contributed by atoms with Gasteiger partial charge in [-0.05, 0) is 38.1 Å². The SMILES string of the molecule is CC(C)CCCN1CCC(n2c[c-]cn2)CC1.[CH3-].[K+]. The fourth-order valence-electron chi connectivity index (χ4n) is 2.57. The third-order valence-corrected chi connectivity index (χ3v) is 3.66. The summed E-state index contributed by atoms with van der Waals surface area (Å²) < 4.78 is 2.07. The Bertz CT molecular complexity index is 303. The minimum Gasteiger partial charge on any atom is -0.432 e. The zero-order valence-corrected chi connectivity index (χ0v) is 16.2. The van der Waals surface area contributed by atoms with E-state index in [0.717, 1.165) is 5.92 Å². The van der Waals surface area contributed by atoms with E-state index >= 15 is 0 Å². The molecule has 1 fully saturated rings. The normalized spacial score (nSPS) is 17.0. The van der Waals surface area contributed by atoms with Crippen molar-refractivity contribution in [3.63, 3.8) is 0 Å². The van der Waals surface area contributed by atoms with Gasteiger partial charge in [0.1, 0.15) is 0 Å². The van der Waals surface area contributed by atoms with Gasteiger partial charge in [0.2, 0.25) is 0 Å². The molecule has 2 heterocycles. The van der Waals surface area contributed by atoms with Gasteiger partial charge in [-0.2, -0.15) is 6.20 Å². The summed E-state index contributed by atoms with van der Waals surface area (Å²) >= 11 is 0. The summed E-state index contributed by atoms with van der Waals surface area (Å²) in [4.78, 5) is 2.60. The number of rotatable bonds is 5. The van der Waals surface area contributed by atoms with Crippen molar-refractivity contribution in [2.75, 3.05) is 19.6 Å². The minimum atomic E-state index is 0. The fourth-order valence-corrected chi connectivity index (χ4v) is 2.57. The third-order valence-electron chi connectivity index (χ3n) is 3.66. The first-order valence-corrected chi connectivity index (χ1v) is 6.88. The molecule has 3 nitrogen and oxygen atoms in total. The number of piperidine rings is 1. The van der Waals surface area contributed by atoms with E-state index in [4.69, 9.17) is 0 Å². The van der Waals surface area contributed by atoms with Gasteiger partial charge in [0.05, 0.1) is 6.04 Å². The Morgan fingerprint density at radius 1 is 1.32 bits per heavy atom. The predicted octanol–water partition coefficient (Wildman–Crippen LogP) is 0.211. The first-order chi connectivity index (χ1) is 8.25. The molecule has 19 heavy (non-hydrogen) atoms. The van der Waals surface area contributed by atoms with Crippen LogP contribution in [0.25, 0.3) is 0 Å².